The van der Waals surface area contributed by atoms with Crippen molar-refractivity contribution in [3.05, 3.63) is 59.3 Å². The van der Waals surface area contributed by atoms with E-state index < -0.39 is 5.97 Å². The fourth-order valence-corrected chi connectivity index (χ4v) is 2.64. The molecule has 3 rings (SSSR count). The lowest BCUT2D eigenvalue weighted by atomic mass is 10.1. The van der Waals surface area contributed by atoms with Crippen LogP contribution in [0.2, 0.25) is 0 Å². The number of aromatic carboxylic acids is 1. The van der Waals surface area contributed by atoms with E-state index in [1.54, 1.807) is 37.6 Å². The van der Waals surface area contributed by atoms with Gasteiger partial charge in [-0.05, 0) is 48.9 Å². The van der Waals surface area contributed by atoms with E-state index in [1.165, 1.54) is 0 Å². The number of rotatable bonds is 3. The highest BCUT2D eigenvalue weighted by molar-refractivity contribution is 5.91. The molecule has 0 bridgehead atoms. The van der Waals surface area contributed by atoms with Crippen LogP contribution in [0.3, 0.4) is 0 Å². The second-order valence-corrected chi connectivity index (χ2v) is 5.22. The first-order chi connectivity index (χ1) is 11.0. The number of carbonyl (C=O) groups is 1. The zero-order valence-electron chi connectivity index (χ0n) is 12.7. The van der Waals surface area contributed by atoms with Crippen molar-refractivity contribution in [2.45, 2.75) is 6.92 Å². The molecule has 0 saturated heterocycles. The van der Waals surface area contributed by atoms with Gasteiger partial charge in [0.2, 0.25) is 0 Å². The summed E-state index contributed by atoms with van der Waals surface area (Å²) in [6, 6.07) is 12.5. The number of aryl methyl sites for hydroxylation is 1. The van der Waals surface area contributed by atoms with E-state index in [4.69, 9.17) is 9.84 Å². The summed E-state index contributed by atoms with van der Waals surface area (Å²) in [7, 11) is 1.60. The topological polar surface area (TPSA) is 75.2 Å². The Bertz CT molecular complexity index is 947. The molecule has 0 aliphatic heterocycles. The molecule has 0 saturated carbocycles. The molecule has 1 N–H and O–H groups in total. The molecule has 0 radical (unpaired) electrons. The molecule has 0 unspecified atom stereocenters. The fraction of sp³-hybridized carbons (Fsp3) is 0.111. The molecule has 5 heteroatoms. The van der Waals surface area contributed by atoms with Crippen LogP contribution < -0.4 is 4.74 Å². The number of fused-ring (bicyclic) bond motifs is 1. The van der Waals surface area contributed by atoms with E-state index in [1.807, 2.05) is 23.6 Å². The number of hydrogen-bond donors (Lipinski definition) is 1. The van der Waals surface area contributed by atoms with E-state index in [0.29, 0.717) is 5.56 Å². The molecule has 23 heavy (non-hydrogen) atoms. The lowest BCUT2D eigenvalue weighted by molar-refractivity contribution is 0.0697. The number of methoxy groups -OCH3 is 1. The zero-order valence-corrected chi connectivity index (χ0v) is 12.7. The molecule has 0 fully saturated rings. The molecule has 0 atom stereocenters. The molecule has 1 heterocycles. The van der Waals surface area contributed by atoms with Crippen molar-refractivity contribution in [1.29, 1.82) is 5.26 Å². The number of carboxylic acids is 1. The minimum Gasteiger partial charge on any atom is -0.496 e. The van der Waals surface area contributed by atoms with Crippen molar-refractivity contribution >= 4 is 16.9 Å². The quantitative estimate of drug-likeness (QED) is 0.803. The molecule has 0 aliphatic rings. The number of benzene rings is 2. The van der Waals surface area contributed by atoms with Crippen LogP contribution in [-0.2, 0) is 0 Å². The first kappa shape index (κ1) is 14.7. The Balaban J connectivity index is 2.23. The Morgan fingerprint density at radius 2 is 1.96 bits per heavy atom. The standard InChI is InChI=1S/C18H14N2O3/c1-11-7-16-15(8-17(11)23-2)13(9-19)10-20(16)14-5-3-12(4-6-14)18(21)22/h3-8,10H,1-2H3,(H,21,22). The smallest absolute Gasteiger partial charge is 0.335 e. The first-order valence-corrected chi connectivity index (χ1v) is 6.98. The summed E-state index contributed by atoms with van der Waals surface area (Å²) in [6.07, 6.45) is 1.75. The summed E-state index contributed by atoms with van der Waals surface area (Å²) in [5, 5.41) is 19.2. The van der Waals surface area contributed by atoms with Gasteiger partial charge in [-0.15, -0.1) is 0 Å². The molecule has 0 amide bonds. The van der Waals surface area contributed by atoms with Gasteiger partial charge in [-0.3, -0.25) is 0 Å². The highest BCUT2D eigenvalue weighted by Gasteiger charge is 2.13. The second kappa shape index (κ2) is 5.50. The molecule has 0 aliphatic carbocycles. The van der Waals surface area contributed by atoms with Crippen LogP contribution in [0.25, 0.3) is 16.6 Å². The molecule has 114 valence electrons. The van der Waals surface area contributed by atoms with Gasteiger partial charge in [-0.25, -0.2) is 4.79 Å². The second-order valence-electron chi connectivity index (χ2n) is 5.22. The third kappa shape index (κ3) is 2.40. The fourth-order valence-electron chi connectivity index (χ4n) is 2.64. The number of ether oxygens (including phenoxy) is 1. The maximum atomic E-state index is 11.0. The van der Waals surface area contributed by atoms with Gasteiger partial charge in [-0.1, -0.05) is 0 Å². The summed E-state index contributed by atoms with van der Waals surface area (Å²) in [6.45, 7) is 1.94. The van der Waals surface area contributed by atoms with Gasteiger partial charge in [-0.2, -0.15) is 5.26 Å². The SMILES string of the molecule is COc1cc2c(C#N)cn(-c3ccc(C(=O)O)cc3)c2cc1C. The van der Waals surface area contributed by atoms with Gasteiger partial charge >= 0.3 is 5.97 Å². The van der Waals surface area contributed by atoms with Gasteiger partial charge in [0.1, 0.15) is 11.8 Å². The van der Waals surface area contributed by atoms with E-state index in [9.17, 15) is 10.1 Å². The van der Waals surface area contributed by atoms with Crippen LogP contribution in [0.15, 0.2) is 42.6 Å². The molecule has 2 aromatic carbocycles. The number of nitrogens with zero attached hydrogens (tertiary/aromatic N) is 2. The average Bonchev–Trinajstić information content (AvgIpc) is 2.91. The summed E-state index contributed by atoms with van der Waals surface area (Å²) < 4.78 is 7.21. The third-order valence-electron chi connectivity index (χ3n) is 3.83. The van der Waals surface area contributed by atoms with E-state index in [0.717, 1.165) is 27.9 Å². The Morgan fingerprint density at radius 3 is 2.52 bits per heavy atom. The lowest BCUT2D eigenvalue weighted by Gasteiger charge is -2.08. The molecule has 1 aromatic heterocycles. The third-order valence-corrected chi connectivity index (χ3v) is 3.83. The molecule has 3 aromatic rings. The largest absolute Gasteiger partial charge is 0.496 e. The minimum atomic E-state index is -0.966. The maximum Gasteiger partial charge on any atom is 0.335 e. The Morgan fingerprint density at radius 1 is 1.26 bits per heavy atom. The van der Waals surface area contributed by atoms with Crippen LogP contribution in [0.5, 0.6) is 5.75 Å². The molecule has 0 spiro atoms. The molecule has 5 nitrogen and oxygen atoms in total. The van der Waals surface area contributed by atoms with Crippen molar-refractivity contribution in [3.8, 4) is 17.5 Å². The van der Waals surface area contributed by atoms with Gasteiger partial charge in [0.05, 0.1) is 23.8 Å². The summed E-state index contributed by atoms with van der Waals surface area (Å²) >= 11 is 0. The van der Waals surface area contributed by atoms with Crippen molar-refractivity contribution in [3.63, 3.8) is 0 Å². The normalized spacial score (nSPS) is 10.5. The molecular formula is C18H14N2O3. The summed E-state index contributed by atoms with van der Waals surface area (Å²) in [4.78, 5) is 11.0. The van der Waals surface area contributed by atoms with Crippen molar-refractivity contribution in [2.24, 2.45) is 0 Å². The van der Waals surface area contributed by atoms with Crippen molar-refractivity contribution in [1.82, 2.24) is 4.57 Å². The van der Waals surface area contributed by atoms with E-state index in [-0.39, 0.29) is 5.56 Å². The van der Waals surface area contributed by atoms with Crippen LogP contribution in [-0.4, -0.2) is 22.8 Å². The lowest BCUT2D eigenvalue weighted by Crippen LogP contribution is -1.98. The summed E-state index contributed by atoms with van der Waals surface area (Å²) in [5.41, 5.74) is 3.41. The Labute approximate surface area is 133 Å². The maximum absolute atomic E-state index is 11.0. The van der Waals surface area contributed by atoms with Crippen LogP contribution in [0, 0.1) is 18.3 Å². The monoisotopic (exact) mass is 306 g/mol. The van der Waals surface area contributed by atoms with Gasteiger partial charge in [0.15, 0.2) is 0 Å². The Kier molecular flexibility index (Phi) is 3.51. The van der Waals surface area contributed by atoms with Gasteiger partial charge in [0, 0.05) is 17.3 Å². The summed E-state index contributed by atoms with van der Waals surface area (Å²) in [5.74, 6) is -0.236. The van der Waals surface area contributed by atoms with Crippen LogP contribution >= 0.6 is 0 Å². The van der Waals surface area contributed by atoms with E-state index in [2.05, 4.69) is 6.07 Å². The van der Waals surface area contributed by atoms with Gasteiger partial charge < -0.3 is 14.4 Å². The Hall–Kier alpha value is -3.26. The predicted molar refractivity (Wildman–Crippen MR) is 86.2 cm³/mol. The molecular weight excluding hydrogens is 292 g/mol. The van der Waals surface area contributed by atoms with Crippen molar-refractivity contribution < 1.29 is 14.6 Å². The minimum absolute atomic E-state index is 0.226. The number of carboxylic acid groups (broad SMARTS) is 1. The number of nitriles is 1. The predicted octanol–water partition coefficient (Wildman–Crippen LogP) is 3.52. The number of hydrogen-bond acceptors (Lipinski definition) is 3. The highest BCUT2D eigenvalue weighted by atomic mass is 16.5. The van der Waals surface area contributed by atoms with E-state index >= 15 is 0 Å². The zero-order chi connectivity index (χ0) is 16.6. The number of aromatic nitrogens is 1. The van der Waals surface area contributed by atoms with Crippen molar-refractivity contribution in [2.75, 3.05) is 7.11 Å². The average molecular weight is 306 g/mol. The van der Waals surface area contributed by atoms with Crippen LogP contribution in [0.4, 0.5) is 0 Å². The van der Waals surface area contributed by atoms with Crippen LogP contribution in [0.1, 0.15) is 21.5 Å². The highest BCUT2D eigenvalue weighted by Crippen LogP contribution is 2.31. The van der Waals surface area contributed by atoms with Gasteiger partial charge in [0.25, 0.3) is 0 Å². The first-order valence-electron chi connectivity index (χ1n) is 6.98.